The molecular weight excluding hydrogens is 248 g/mol. The van der Waals surface area contributed by atoms with Crippen LogP contribution in [0.3, 0.4) is 0 Å². The van der Waals surface area contributed by atoms with Gasteiger partial charge in [0.2, 0.25) is 5.78 Å². The van der Waals surface area contributed by atoms with Crippen LogP contribution in [0.25, 0.3) is 10.1 Å². The maximum Gasteiger partial charge on any atom is 0.203 e. The van der Waals surface area contributed by atoms with Crippen molar-refractivity contribution < 1.29 is 4.79 Å². The molecule has 3 heteroatoms. The van der Waals surface area contributed by atoms with Gasteiger partial charge in [0.05, 0.1) is 4.88 Å². The van der Waals surface area contributed by atoms with E-state index in [1.54, 1.807) is 22.7 Å². The number of hydrogen-bond donors (Lipinski definition) is 0. The Labute approximate surface area is 107 Å². The van der Waals surface area contributed by atoms with E-state index in [1.807, 2.05) is 42.6 Å². The normalized spacial score (nSPS) is 10.9. The van der Waals surface area contributed by atoms with Crippen LogP contribution in [0.5, 0.6) is 0 Å². The molecule has 3 aromatic rings. The number of thiophene rings is 2. The first-order valence-electron chi connectivity index (χ1n) is 5.32. The molecule has 2 aromatic heterocycles. The van der Waals surface area contributed by atoms with Crippen molar-refractivity contribution in [3.63, 3.8) is 0 Å². The highest BCUT2D eigenvalue weighted by Gasteiger charge is 2.13. The van der Waals surface area contributed by atoms with Crippen LogP contribution in [0.15, 0.2) is 41.8 Å². The van der Waals surface area contributed by atoms with Crippen molar-refractivity contribution in [3.8, 4) is 0 Å². The molecule has 0 radical (unpaired) electrons. The molecule has 17 heavy (non-hydrogen) atoms. The molecule has 3 rings (SSSR count). The molecule has 0 aliphatic heterocycles. The molecule has 0 N–H and O–H groups in total. The Kier molecular flexibility index (Phi) is 2.57. The van der Waals surface area contributed by atoms with E-state index in [0.29, 0.717) is 0 Å². The van der Waals surface area contributed by atoms with Gasteiger partial charge in [0.1, 0.15) is 0 Å². The predicted octanol–water partition coefficient (Wildman–Crippen LogP) is 4.50. The summed E-state index contributed by atoms with van der Waals surface area (Å²) in [5.74, 6) is 0.135. The van der Waals surface area contributed by atoms with Crippen molar-refractivity contribution in [1.82, 2.24) is 0 Å². The zero-order valence-corrected chi connectivity index (χ0v) is 10.9. The van der Waals surface area contributed by atoms with Gasteiger partial charge in [-0.2, -0.15) is 0 Å². The number of carbonyl (C=O) groups is 1. The Balaban J connectivity index is 2.06. The lowest BCUT2D eigenvalue weighted by molar-refractivity contribution is 0.104. The number of carbonyl (C=O) groups excluding carboxylic acids is 1. The van der Waals surface area contributed by atoms with Crippen molar-refractivity contribution in [2.45, 2.75) is 6.92 Å². The first kappa shape index (κ1) is 10.7. The molecule has 0 unspecified atom stereocenters. The fraction of sp³-hybridized carbons (Fsp3) is 0.0714. The summed E-state index contributed by atoms with van der Waals surface area (Å²) in [6.45, 7) is 2.02. The van der Waals surface area contributed by atoms with Crippen molar-refractivity contribution in [3.05, 3.63) is 57.1 Å². The largest absolute Gasteiger partial charge is 0.288 e. The molecule has 0 aliphatic carbocycles. The average Bonchev–Trinajstić information content (AvgIpc) is 2.93. The third kappa shape index (κ3) is 1.92. The minimum atomic E-state index is 0.135. The Morgan fingerprint density at radius 1 is 1.18 bits per heavy atom. The SMILES string of the molecule is Cc1cc(C(=O)c2cc3ccccc3s2)cs1. The smallest absolute Gasteiger partial charge is 0.203 e. The van der Waals surface area contributed by atoms with E-state index < -0.39 is 0 Å². The van der Waals surface area contributed by atoms with Gasteiger partial charge < -0.3 is 0 Å². The highest BCUT2D eigenvalue weighted by molar-refractivity contribution is 7.21. The Bertz CT molecular complexity index is 658. The van der Waals surface area contributed by atoms with Crippen LogP contribution in [0.1, 0.15) is 20.1 Å². The predicted molar refractivity (Wildman–Crippen MR) is 74.3 cm³/mol. The Hall–Kier alpha value is -1.45. The van der Waals surface area contributed by atoms with Crippen molar-refractivity contribution in [2.75, 3.05) is 0 Å². The Morgan fingerprint density at radius 3 is 2.71 bits per heavy atom. The molecule has 0 saturated heterocycles. The highest BCUT2D eigenvalue weighted by atomic mass is 32.1. The van der Waals surface area contributed by atoms with Gasteiger partial charge in [0.15, 0.2) is 0 Å². The third-order valence-electron chi connectivity index (χ3n) is 2.64. The second kappa shape index (κ2) is 4.09. The lowest BCUT2D eigenvalue weighted by Gasteiger charge is -1.91. The van der Waals surface area contributed by atoms with E-state index in [1.165, 1.54) is 9.58 Å². The summed E-state index contributed by atoms with van der Waals surface area (Å²) in [5.41, 5.74) is 0.805. The van der Waals surface area contributed by atoms with Crippen LogP contribution in [0, 0.1) is 6.92 Å². The molecule has 0 saturated carbocycles. The van der Waals surface area contributed by atoms with Crippen molar-refractivity contribution in [1.29, 1.82) is 0 Å². The second-order valence-corrected chi connectivity index (χ2v) is 6.12. The van der Waals surface area contributed by atoms with Crippen LogP contribution in [-0.2, 0) is 0 Å². The van der Waals surface area contributed by atoms with Gasteiger partial charge >= 0.3 is 0 Å². The van der Waals surface area contributed by atoms with Crippen LogP contribution in [0.2, 0.25) is 0 Å². The maximum atomic E-state index is 12.2. The number of rotatable bonds is 2. The van der Waals surface area contributed by atoms with Gasteiger partial charge in [-0.25, -0.2) is 0 Å². The van der Waals surface area contributed by atoms with Crippen LogP contribution in [0.4, 0.5) is 0 Å². The minimum Gasteiger partial charge on any atom is -0.288 e. The van der Waals surface area contributed by atoms with Crippen molar-refractivity contribution in [2.24, 2.45) is 0 Å². The number of ketones is 1. The van der Waals surface area contributed by atoms with Crippen molar-refractivity contribution >= 4 is 38.5 Å². The van der Waals surface area contributed by atoms with Crippen LogP contribution >= 0.6 is 22.7 Å². The summed E-state index contributed by atoms with van der Waals surface area (Å²) < 4.78 is 1.17. The molecule has 0 fully saturated rings. The zero-order chi connectivity index (χ0) is 11.8. The number of hydrogen-bond acceptors (Lipinski definition) is 3. The molecule has 1 nitrogen and oxygen atoms in total. The van der Waals surface area contributed by atoms with Gasteiger partial charge in [-0.05, 0) is 30.5 Å². The molecule has 0 amide bonds. The van der Waals surface area contributed by atoms with Gasteiger partial charge in [-0.15, -0.1) is 22.7 Å². The first-order valence-corrected chi connectivity index (χ1v) is 7.02. The monoisotopic (exact) mass is 258 g/mol. The zero-order valence-electron chi connectivity index (χ0n) is 9.27. The molecule has 84 valence electrons. The molecule has 0 atom stereocenters. The summed E-state index contributed by atoms with van der Waals surface area (Å²) >= 11 is 3.18. The lowest BCUT2D eigenvalue weighted by Crippen LogP contribution is -1.95. The maximum absolute atomic E-state index is 12.2. The molecule has 2 heterocycles. The number of fused-ring (bicyclic) bond motifs is 1. The standard InChI is InChI=1S/C14H10OS2/c1-9-6-11(8-16-9)14(15)13-7-10-4-2-3-5-12(10)17-13/h2-8H,1H3. The molecule has 0 aliphatic rings. The molecule has 0 bridgehead atoms. The second-order valence-electron chi connectivity index (χ2n) is 3.92. The average molecular weight is 258 g/mol. The van der Waals surface area contributed by atoms with E-state index >= 15 is 0 Å². The third-order valence-corrected chi connectivity index (χ3v) is 4.62. The van der Waals surface area contributed by atoms with Gasteiger partial charge in [0, 0.05) is 20.5 Å². The van der Waals surface area contributed by atoms with E-state index in [4.69, 9.17) is 0 Å². The lowest BCUT2D eigenvalue weighted by atomic mass is 10.1. The summed E-state index contributed by atoms with van der Waals surface area (Å²) in [6.07, 6.45) is 0. The number of benzene rings is 1. The van der Waals surface area contributed by atoms with E-state index in [9.17, 15) is 4.79 Å². The fourth-order valence-electron chi connectivity index (χ4n) is 1.80. The van der Waals surface area contributed by atoms with E-state index in [-0.39, 0.29) is 5.78 Å². The van der Waals surface area contributed by atoms with Gasteiger partial charge in [-0.3, -0.25) is 4.79 Å². The summed E-state index contributed by atoms with van der Waals surface area (Å²) in [5, 5.41) is 3.08. The van der Waals surface area contributed by atoms with E-state index in [0.717, 1.165) is 15.8 Å². The number of aryl methyl sites for hydroxylation is 1. The van der Waals surface area contributed by atoms with Crippen LogP contribution in [-0.4, -0.2) is 5.78 Å². The summed E-state index contributed by atoms with van der Waals surface area (Å²) in [6, 6.07) is 12.0. The van der Waals surface area contributed by atoms with E-state index in [2.05, 4.69) is 6.07 Å². The van der Waals surface area contributed by atoms with Crippen LogP contribution < -0.4 is 0 Å². The quantitative estimate of drug-likeness (QED) is 0.618. The molecular formula is C14H10OS2. The Morgan fingerprint density at radius 2 is 2.00 bits per heavy atom. The first-order chi connectivity index (χ1) is 8.24. The topological polar surface area (TPSA) is 17.1 Å². The summed E-state index contributed by atoms with van der Waals surface area (Å²) in [4.78, 5) is 14.2. The molecule has 0 spiro atoms. The fourth-order valence-corrected chi connectivity index (χ4v) is 3.51. The van der Waals surface area contributed by atoms with Gasteiger partial charge in [0.25, 0.3) is 0 Å². The highest BCUT2D eigenvalue weighted by Crippen LogP contribution is 2.28. The molecule has 1 aromatic carbocycles. The van der Waals surface area contributed by atoms with Gasteiger partial charge in [-0.1, -0.05) is 18.2 Å². The minimum absolute atomic E-state index is 0.135. The summed E-state index contributed by atoms with van der Waals surface area (Å²) in [7, 11) is 0.